The highest BCUT2D eigenvalue weighted by atomic mass is 32.2. The number of hydrogen-bond acceptors (Lipinski definition) is 5. The van der Waals surface area contributed by atoms with Gasteiger partial charge in [-0.1, -0.05) is 24.6 Å². The highest BCUT2D eigenvalue weighted by Gasteiger charge is 2.16. The Morgan fingerprint density at radius 2 is 1.96 bits per heavy atom. The summed E-state index contributed by atoms with van der Waals surface area (Å²) in [4.78, 5) is 12.2. The minimum Gasteiger partial charge on any atom is -0.481 e. The number of carbonyl (C=O) groups excluding carboxylic acids is 1. The lowest BCUT2D eigenvalue weighted by atomic mass is 10.2. The van der Waals surface area contributed by atoms with Gasteiger partial charge in [0, 0.05) is 18.0 Å². The molecule has 0 bridgehead atoms. The van der Waals surface area contributed by atoms with Crippen LogP contribution in [-0.4, -0.2) is 41.7 Å². The van der Waals surface area contributed by atoms with Gasteiger partial charge in [-0.05, 0) is 26.0 Å². The lowest BCUT2D eigenvalue weighted by Gasteiger charge is -2.13. The van der Waals surface area contributed by atoms with Crippen LogP contribution in [0.15, 0.2) is 36.5 Å². The molecule has 1 aromatic heterocycles. The second-order valence-corrected chi connectivity index (χ2v) is 8.24. The molecule has 2 rings (SSSR count). The number of aryl methyl sites for hydroxylation is 2. The first-order valence-electron chi connectivity index (χ1n) is 8.07. The molecule has 0 aliphatic rings. The average molecular weight is 365 g/mol. The molecule has 0 aliphatic heterocycles. The first kappa shape index (κ1) is 19.0. The number of anilines is 1. The van der Waals surface area contributed by atoms with Gasteiger partial charge in [-0.2, -0.15) is 5.10 Å². The van der Waals surface area contributed by atoms with Gasteiger partial charge in [0.2, 0.25) is 0 Å². The molecule has 1 atom stereocenters. The largest absolute Gasteiger partial charge is 0.481 e. The molecule has 8 heteroatoms. The Balaban J connectivity index is 1.88. The normalized spacial score (nSPS) is 12.6. The van der Waals surface area contributed by atoms with Crippen LogP contribution in [0.1, 0.15) is 19.4 Å². The van der Waals surface area contributed by atoms with E-state index in [2.05, 4.69) is 10.4 Å². The van der Waals surface area contributed by atoms with Crippen LogP contribution < -0.4 is 10.1 Å². The molecule has 1 N–H and O–H groups in total. The van der Waals surface area contributed by atoms with Crippen molar-refractivity contribution in [3.8, 4) is 5.75 Å². The molecule has 1 heterocycles. The summed E-state index contributed by atoms with van der Waals surface area (Å²) in [7, 11) is -3.05. The molecule has 0 radical (unpaired) electrons. The van der Waals surface area contributed by atoms with Crippen molar-refractivity contribution in [3.63, 3.8) is 0 Å². The number of ether oxygens (including phenoxy) is 1. The molecule has 1 aromatic carbocycles. The molecule has 1 unspecified atom stereocenters. The summed E-state index contributed by atoms with van der Waals surface area (Å²) in [6, 6.07) is 9.05. The van der Waals surface area contributed by atoms with E-state index in [4.69, 9.17) is 4.74 Å². The fourth-order valence-electron chi connectivity index (χ4n) is 2.03. The van der Waals surface area contributed by atoms with Gasteiger partial charge in [0.1, 0.15) is 5.75 Å². The van der Waals surface area contributed by atoms with E-state index in [1.165, 1.54) is 4.68 Å². The lowest BCUT2D eigenvalue weighted by molar-refractivity contribution is -0.122. The second kappa shape index (κ2) is 8.15. The fourth-order valence-corrected chi connectivity index (χ4v) is 2.79. The summed E-state index contributed by atoms with van der Waals surface area (Å²) < 4.78 is 30.1. The molecule has 136 valence electrons. The van der Waals surface area contributed by atoms with Crippen LogP contribution in [0.3, 0.4) is 0 Å². The van der Waals surface area contributed by atoms with Gasteiger partial charge in [-0.15, -0.1) is 0 Å². The third-order valence-corrected chi connectivity index (χ3v) is 5.35. The van der Waals surface area contributed by atoms with Crippen molar-refractivity contribution in [3.05, 3.63) is 42.1 Å². The number of hydrogen-bond donors (Lipinski definition) is 1. The molecule has 0 spiro atoms. The van der Waals surface area contributed by atoms with Gasteiger partial charge in [0.15, 0.2) is 21.8 Å². The predicted molar refractivity (Wildman–Crippen MR) is 96.5 cm³/mol. The maximum absolute atomic E-state index is 12.2. The highest BCUT2D eigenvalue weighted by Crippen LogP contribution is 2.14. The van der Waals surface area contributed by atoms with E-state index in [0.29, 0.717) is 11.6 Å². The summed E-state index contributed by atoms with van der Waals surface area (Å²) >= 11 is 0. The Morgan fingerprint density at radius 3 is 2.60 bits per heavy atom. The third-order valence-electron chi connectivity index (χ3n) is 3.67. The van der Waals surface area contributed by atoms with Crippen LogP contribution in [-0.2, 0) is 21.2 Å². The molecule has 0 saturated heterocycles. The van der Waals surface area contributed by atoms with Crippen LogP contribution in [0.25, 0.3) is 0 Å². The van der Waals surface area contributed by atoms with E-state index in [1.807, 2.05) is 31.2 Å². The van der Waals surface area contributed by atoms with Gasteiger partial charge < -0.3 is 10.1 Å². The smallest absolute Gasteiger partial charge is 0.266 e. The molecule has 1 amide bonds. The van der Waals surface area contributed by atoms with E-state index in [9.17, 15) is 13.2 Å². The van der Waals surface area contributed by atoms with Crippen LogP contribution in [0, 0.1) is 6.92 Å². The number of benzene rings is 1. The minimum atomic E-state index is -3.05. The summed E-state index contributed by atoms with van der Waals surface area (Å²) in [5, 5.41) is 6.81. The number of amides is 1. The fraction of sp³-hybridized carbons (Fsp3) is 0.412. The topological polar surface area (TPSA) is 90.3 Å². The predicted octanol–water partition coefficient (Wildman–Crippen LogP) is 2.03. The van der Waals surface area contributed by atoms with Gasteiger partial charge >= 0.3 is 0 Å². The standard InChI is InChI=1S/C17H23N3O4S/c1-4-25(22,23)12-11-20-10-9-16(19-20)18-17(21)14(3)24-15-7-5-13(2)6-8-15/h5-10,14H,4,11-12H2,1-3H3,(H,18,19,21). The summed E-state index contributed by atoms with van der Waals surface area (Å²) in [5.74, 6) is 0.769. The number of carbonyl (C=O) groups is 1. The van der Waals surface area contributed by atoms with Crippen molar-refractivity contribution < 1.29 is 17.9 Å². The zero-order valence-electron chi connectivity index (χ0n) is 14.6. The average Bonchev–Trinajstić information content (AvgIpc) is 3.02. The van der Waals surface area contributed by atoms with Crippen LogP contribution >= 0.6 is 0 Å². The second-order valence-electron chi connectivity index (χ2n) is 5.76. The molecular weight excluding hydrogens is 342 g/mol. The van der Waals surface area contributed by atoms with Crippen molar-refractivity contribution in [2.24, 2.45) is 0 Å². The zero-order chi connectivity index (χ0) is 18.4. The van der Waals surface area contributed by atoms with Crippen LogP contribution in [0.5, 0.6) is 5.75 Å². The van der Waals surface area contributed by atoms with E-state index in [-0.39, 0.29) is 24.0 Å². The van der Waals surface area contributed by atoms with Gasteiger partial charge in [0.25, 0.3) is 5.91 Å². The molecule has 25 heavy (non-hydrogen) atoms. The Kier molecular flexibility index (Phi) is 6.19. The summed E-state index contributed by atoms with van der Waals surface area (Å²) in [6.45, 7) is 5.49. The molecule has 2 aromatic rings. The monoisotopic (exact) mass is 365 g/mol. The lowest BCUT2D eigenvalue weighted by Crippen LogP contribution is -2.30. The number of nitrogens with one attached hydrogen (secondary N) is 1. The molecular formula is C17H23N3O4S. The van der Waals surface area contributed by atoms with E-state index >= 15 is 0 Å². The van der Waals surface area contributed by atoms with Crippen molar-refractivity contribution in [2.45, 2.75) is 33.4 Å². The Labute approximate surface area is 147 Å². The molecule has 0 fully saturated rings. The van der Waals surface area contributed by atoms with Gasteiger partial charge in [-0.3, -0.25) is 9.48 Å². The number of nitrogens with zero attached hydrogens (tertiary/aromatic N) is 2. The Morgan fingerprint density at radius 1 is 1.28 bits per heavy atom. The van der Waals surface area contributed by atoms with E-state index in [0.717, 1.165) is 5.56 Å². The van der Waals surface area contributed by atoms with Crippen molar-refractivity contribution in [1.82, 2.24) is 9.78 Å². The minimum absolute atomic E-state index is 0.0193. The quantitative estimate of drug-likeness (QED) is 0.773. The maximum atomic E-state index is 12.2. The molecule has 0 aliphatic carbocycles. The highest BCUT2D eigenvalue weighted by molar-refractivity contribution is 7.91. The number of rotatable bonds is 8. The van der Waals surface area contributed by atoms with Crippen LogP contribution in [0.4, 0.5) is 5.82 Å². The Bertz CT molecular complexity index is 813. The first-order chi connectivity index (χ1) is 11.8. The summed E-state index contributed by atoms with van der Waals surface area (Å²) in [5.41, 5.74) is 1.11. The van der Waals surface area contributed by atoms with Crippen LogP contribution in [0.2, 0.25) is 0 Å². The van der Waals surface area contributed by atoms with Crippen molar-refractivity contribution >= 4 is 21.6 Å². The SMILES string of the molecule is CCS(=O)(=O)CCn1ccc(NC(=O)C(C)Oc2ccc(C)cc2)n1. The molecule has 7 nitrogen and oxygen atoms in total. The van der Waals surface area contributed by atoms with Crippen molar-refractivity contribution in [2.75, 3.05) is 16.8 Å². The number of sulfone groups is 1. The summed E-state index contributed by atoms with van der Waals surface area (Å²) in [6.07, 6.45) is 0.945. The Hall–Kier alpha value is -2.35. The van der Waals surface area contributed by atoms with Gasteiger partial charge in [0.05, 0.1) is 12.3 Å². The molecule has 0 saturated carbocycles. The van der Waals surface area contributed by atoms with E-state index < -0.39 is 15.9 Å². The first-order valence-corrected chi connectivity index (χ1v) is 9.89. The third kappa shape index (κ3) is 5.90. The van der Waals surface area contributed by atoms with Crippen molar-refractivity contribution in [1.29, 1.82) is 0 Å². The van der Waals surface area contributed by atoms with Gasteiger partial charge in [-0.25, -0.2) is 8.42 Å². The van der Waals surface area contributed by atoms with E-state index in [1.54, 1.807) is 26.1 Å². The zero-order valence-corrected chi connectivity index (χ0v) is 15.4. The maximum Gasteiger partial charge on any atom is 0.266 e. The number of aromatic nitrogens is 2.